The van der Waals surface area contributed by atoms with Crippen molar-refractivity contribution in [3.63, 3.8) is 0 Å². The van der Waals surface area contributed by atoms with E-state index in [0.717, 1.165) is 5.56 Å². The molecule has 2 amide bonds. The van der Waals surface area contributed by atoms with Gasteiger partial charge < -0.3 is 9.80 Å². The van der Waals surface area contributed by atoms with Crippen LogP contribution in [0.3, 0.4) is 0 Å². The van der Waals surface area contributed by atoms with E-state index in [-0.39, 0.29) is 17.6 Å². The molecule has 0 spiro atoms. The van der Waals surface area contributed by atoms with Gasteiger partial charge in [0, 0.05) is 43.7 Å². The predicted octanol–water partition coefficient (Wildman–Crippen LogP) is 4.31. The minimum absolute atomic E-state index is 0.0666. The van der Waals surface area contributed by atoms with E-state index in [0.29, 0.717) is 34.9 Å². The molecule has 150 valence electrons. The van der Waals surface area contributed by atoms with E-state index >= 15 is 0 Å². The molecule has 0 N–H and O–H groups in total. The Labute approximate surface area is 173 Å². The molecule has 7 heteroatoms. The Hall–Kier alpha value is -3.06. The largest absolute Gasteiger partial charge is 0.345 e. The van der Waals surface area contributed by atoms with Crippen molar-refractivity contribution in [2.24, 2.45) is 0 Å². The summed E-state index contributed by atoms with van der Waals surface area (Å²) in [4.78, 5) is 32.4. The lowest BCUT2D eigenvalue weighted by molar-refractivity contribution is 0.0746. The first kappa shape index (κ1) is 20.7. The highest BCUT2D eigenvalue weighted by molar-refractivity contribution is 7.13. The molecular weight excluding hydrogens is 389 g/mol. The van der Waals surface area contributed by atoms with Crippen LogP contribution in [0.5, 0.6) is 0 Å². The number of benzene rings is 2. The highest BCUT2D eigenvalue weighted by Crippen LogP contribution is 2.26. The number of thiazole rings is 1. The number of carbonyl (C=O) groups is 2. The van der Waals surface area contributed by atoms with Gasteiger partial charge in [-0.05, 0) is 36.8 Å². The van der Waals surface area contributed by atoms with Gasteiger partial charge in [-0.15, -0.1) is 11.3 Å². The highest BCUT2D eigenvalue weighted by Gasteiger charge is 2.19. The van der Waals surface area contributed by atoms with E-state index < -0.39 is 0 Å². The normalized spacial score (nSPS) is 10.6. The first-order valence-electron chi connectivity index (χ1n) is 9.21. The first-order valence-corrected chi connectivity index (χ1v) is 10.1. The van der Waals surface area contributed by atoms with Crippen molar-refractivity contribution in [3.05, 3.63) is 76.5 Å². The molecule has 0 aliphatic rings. The third kappa shape index (κ3) is 4.68. The molecular formula is C22H22FN3O2S. The van der Waals surface area contributed by atoms with Gasteiger partial charge in [-0.1, -0.05) is 24.3 Å². The zero-order valence-electron chi connectivity index (χ0n) is 16.6. The van der Waals surface area contributed by atoms with Gasteiger partial charge in [0.1, 0.15) is 16.5 Å². The summed E-state index contributed by atoms with van der Waals surface area (Å²) >= 11 is 1.25. The van der Waals surface area contributed by atoms with Crippen molar-refractivity contribution < 1.29 is 14.0 Å². The predicted molar refractivity (Wildman–Crippen MR) is 112 cm³/mol. The third-order valence-corrected chi connectivity index (χ3v) is 5.35. The van der Waals surface area contributed by atoms with Crippen molar-refractivity contribution in [3.8, 4) is 10.6 Å². The molecule has 0 aliphatic carbocycles. The van der Waals surface area contributed by atoms with Crippen LogP contribution in [0.2, 0.25) is 0 Å². The Kier molecular flexibility index (Phi) is 6.39. The lowest BCUT2D eigenvalue weighted by atomic mass is 10.1. The molecule has 1 aromatic heterocycles. The molecule has 3 rings (SSSR count). The Bertz CT molecular complexity index is 1010. The molecule has 0 unspecified atom stereocenters. The Morgan fingerprint density at radius 1 is 1.03 bits per heavy atom. The van der Waals surface area contributed by atoms with Crippen molar-refractivity contribution in [2.45, 2.75) is 13.5 Å². The van der Waals surface area contributed by atoms with Crippen LogP contribution in [0.25, 0.3) is 10.6 Å². The fourth-order valence-corrected chi connectivity index (χ4v) is 3.67. The Morgan fingerprint density at radius 2 is 1.72 bits per heavy atom. The minimum atomic E-state index is -0.361. The van der Waals surface area contributed by atoms with E-state index in [1.807, 2.05) is 19.1 Å². The smallest absolute Gasteiger partial charge is 0.273 e. The van der Waals surface area contributed by atoms with Gasteiger partial charge in [0.15, 0.2) is 0 Å². The van der Waals surface area contributed by atoms with E-state index in [2.05, 4.69) is 4.98 Å². The van der Waals surface area contributed by atoms with E-state index in [9.17, 15) is 14.0 Å². The summed E-state index contributed by atoms with van der Waals surface area (Å²) in [7, 11) is 3.41. The van der Waals surface area contributed by atoms with Crippen LogP contribution in [0, 0.1) is 5.82 Å². The molecule has 29 heavy (non-hydrogen) atoms. The molecule has 0 saturated carbocycles. The highest BCUT2D eigenvalue weighted by atomic mass is 32.1. The van der Waals surface area contributed by atoms with Crippen molar-refractivity contribution in [2.75, 3.05) is 20.6 Å². The number of halogens is 1. The second-order valence-electron chi connectivity index (χ2n) is 6.73. The molecule has 3 aromatic rings. The molecule has 1 heterocycles. The molecule has 0 fully saturated rings. The number of hydrogen-bond donors (Lipinski definition) is 0. The number of aromatic nitrogens is 1. The second kappa shape index (κ2) is 8.96. The zero-order valence-corrected chi connectivity index (χ0v) is 17.4. The molecule has 0 saturated heterocycles. The summed E-state index contributed by atoms with van der Waals surface area (Å²) in [5, 5.41) is 2.14. The average molecular weight is 412 g/mol. The number of amides is 2. The maximum atomic E-state index is 14.0. The van der Waals surface area contributed by atoms with Gasteiger partial charge in [0.05, 0.1) is 0 Å². The zero-order chi connectivity index (χ0) is 21.0. The molecule has 5 nitrogen and oxygen atoms in total. The van der Waals surface area contributed by atoms with Gasteiger partial charge in [0.25, 0.3) is 11.8 Å². The standard InChI is InChI=1S/C22H22FN3O2S/c1-4-26(13-15-9-11-16(12-10-15)21(27)25(2)3)22(28)19-14-29-20(24-19)17-7-5-6-8-18(17)23/h5-12,14H,4,13H2,1-3H3. The van der Waals surface area contributed by atoms with E-state index in [1.165, 1.54) is 22.3 Å². The summed E-state index contributed by atoms with van der Waals surface area (Å²) in [5.74, 6) is -0.636. The summed E-state index contributed by atoms with van der Waals surface area (Å²) in [6.07, 6.45) is 0. The summed E-state index contributed by atoms with van der Waals surface area (Å²) in [6.45, 7) is 2.80. The van der Waals surface area contributed by atoms with Gasteiger partial charge >= 0.3 is 0 Å². The molecule has 2 aromatic carbocycles. The van der Waals surface area contributed by atoms with Crippen LogP contribution in [-0.4, -0.2) is 47.2 Å². The fraction of sp³-hybridized carbons (Fsp3) is 0.227. The summed E-state index contributed by atoms with van der Waals surface area (Å²) in [6, 6.07) is 13.6. The van der Waals surface area contributed by atoms with Gasteiger partial charge in [-0.25, -0.2) is 9.37 Å². The van der Waals surface area contributed by atoms with Crippen LogP contribution in [-0.2, 0) is 6.54 Å². The summed E-state index contributed by atoms with van der Waals surface area (Å²) < 4.78 is 14.0. The monoisotopic (exact) mass is 411 g/mol. The molecule has 0 radical (unpaired) electrons. The maximum Gasteiger partial charge on any atom is 0.273 e. The van der Waals surface area contributed by atoms with Gasteiger partial charge in [0.2, 0.25) is 0 Å². The third-order valence-electron chi connectivity index (χ3n) is 4.48. The number of nitrogens with zero attached hydrogens (tertiary/aromatic N) is 3. The molecule has 0 bridgehead atoms. The first-order chi connectivity index (χ1) is 13.9. The quantitative estimate of drug-likeness (QED) is 0.607. The minimum Gasteiger partial charge on any atom is -0.345 e. The second-order valence-corrected chi connectivity index (χ2v) is 7.59. The Morgan fingerprint density at radius 3 is 2.34 bits per heavy atom. The maximum absolute atomic E-state index is 14.0. The fourth-order valence-electron chi connectivity index (χ4n) is 2.85. The van der Waals surface area contributed by atoms with Crippen molar-refractivity contribution in [1.29, 1.82) is 0 Å². The van der Waals surface area contributed by atoms with E-state index in [4.69, 9.17) is 0 Å². The lowest BCUT2D eigenvalue weighted by Crippen LogP contribution is -2.30. The van der Waals surface area contributed by atoms with Crippen molar-refractivity contribution in [1.82, 2.24) is 14.8 Å². The SMILES string of the molecule is CCN(Cc1ccc(C(=O)N(C)C)cc1)C(=O)c1csc(-c2ccccc2F)n1. The summed E-state index contributed by atoms with van der Waals surface area (Å²) in [5.41, 5.74) is 2.21. The topological polar surface area (TPSA) is 53.5 Å². The van der Waals surface area contributed by atoms with Crippen LogP contribution in [0.4, 0.5) is 4.39 Å². The van der Waals surface area contributed by atoms with Crippen LogP contribution in [0.1, 0.15) is 33.3 Å². The Balaban J connectivity index is 1.74. The molecule has 0 atom stereocenters. The van der Waals surface area contributed by atoms with Gasteiger partial charge in [-0.3, -0.25) is 9.59 Å². The van der Waals surface area contributed by atoms with E-state index in [1.54, 1.807) is 54.7 Å². The lowest BCUT2D eigenvalue weighted by Gasteiger charge is -2.20. The van der Waals surface area contributed by atoms with Crippen LogP contribution < -0.4 is 0 Å². The number of carbonyl (C=O) groups excluding carboxylic acids is 2. The average Bonchev–Trinajstić information content (AvgIpc) is 3.21. The number of rotatable bonds is 6. The number of hydrogen-bond acceptors (Lipinski definition) is 4. The van der Waals surface area contributed by atoms with Crippen LogP contribution in [0.15, 0.2) is 53.9 Å². The molecule has 0 aliphatic heterocycles. The van der Waals surface area contributed by atoms with Crippen LogP contribution >= 0.6 is 11.3 Å². The van der Waals surface area contributed by atoms with Gasteiger partial charge in [-0.2, -0.15) is 0 Å². The van der Waals surface area contributed by atoms with Crippen molar-refractivity contribution >= 4 is 23.2 Å².